The van der Waals surface area contributed by atoms with Crippen molar-refractivity contribution in [2.45, 2.75) is 31.6 Å². The minimum absolute atomic E-state index is 0.186. The van der Waals surface area contributed by atoms with Crippen LogP contribution in [0.25, 0.3) is 0 Å². The van der Waals surface area contributed by atoms with Crippen molar-refractivity contribution in [2.75, 3.05) is 18.8 Å². The Morgan fingerprint density at radius 3 is 2.65 bits per heavy atom. The molecule has 4 rings (SSSR count). The quantitative estimate of drug-likeness (QED) is 0.854. The van der Waals surface area contributed by atoms with Gasteiger partial charge in [-0.05, 0) is 42.9 Å². The molecule has 26 heavy (non-hydrogen) atoms. The van der Waals surface area contributed by atoms with Crippen LogP contribution in [0.4, 0.5) is 5.95 Å². The molecule has 1 saturated carbocycles. The van der Waals surface area contributed by atoms with Crippen LogP contribution in [0.3, 0.4) is 0 Å². The summed E-state index contributed by atoms with van der Waals surface area (Å²) in [5.41, 5.74) is 6.61. The van der Waals surface area contributed by atoms with E-state index in [0.29, 0.717) is 28.6 Å². The Hall–Kier alpha value is -1.89. The van der Waals surface area contributed by atoms with Crippen LogP contribution < -0.4 is 10.5 Å². The van der Waals surface area contributed by atoms with E-state index < -0.39 is 6.10 Å². The van der Waals surface area contributed by atoms with E-state index in [1.807, 2.05) is 18.2 Å². The second kappa shape index (κ2) is 7.39. The van der Waals surface area contributed by atoms with E-state index in [2.05, 4.69) is 14.9 Å². The van der Waals surface area contributed by atoms with Gasteiger partial charge < -0.3 is 15.6 Å². The molecule has 2 aliphatic rings. The van der Waals surface area contributed by atoms with Gasteiger partial charge in [0.05, 0.1) is 6.10 Å². The molecule has 7 heteroatoms. The molecule has 0 unspecified atom stereocenters. The fourth-order valence-electron chi connectivity index (χ4n) is 4.16. The number of aliphatic hydroxyl groups is 1. The average molecular weight is 375 g/mol. The van der Waals surface area contributed by atoms with Gasteiger partial charge in [-0.1, -0.05) is 17.7 Å². The van der Waals surface area contributed by atoms with E-state index in [4.69, 9.17) is 22.1 Å². The fraction of sp³-hybridized carbons (Fsp3) is 0.474. The number of aromatic nitrogens is 2. The maximum Gasteiger partial charge on any atom is 0.219 e. The number of anilines is 1. The molecule has 1 aromatic carbocycles. The highest BCUT2D eigenvalue weighted by molar-refractivity contribution is 6.30. The summed E-state index contributed by atoms with van der Waals surface area (Å²) in [6, 6.07) is 7.36. The summed E-state index contributed by atoms with van der Waals surface area (Å²) in [7, 11) is 0. The molecule has 0 amide bonds. The van der Waals surface area contributed by atoms with Gasteiger partial charge in [-0.25, -0.2) is 9.97 Å². The third-order valence-corrected chi connectivity index (χ3v) is 5.61. The summed E-state index contributed by atoms with van der Waals surface area (Å²) in [5, 5.41) is 11.2. The number of hydrogen-bond donors (Lipinski definition) is 2. The predicted octanol–water partition coefficient (Wildman–Crippen LogP) is 2.36. The first kappa shape index (κ1) is 17.5. The summed E-state index contributed by atoms with van der Waals surface area (Å²) in [6.45, 7) is 2.79. The van der Waals surface area contributed by atoms with Crippen molar-refractivity contribution in [3.8, 4) is 5.75 Å². The van der Waals surface area contributed by atoms with Crippen LogP contribution in [-0.2, 0) is 6.54 Å². The molecule has 2 aromatic rings. The number of likely N-dealkylation sites (tertiary alicyclic amines) is 1. The van der Waals surface area contributed by atoms with Gasteiger partial charge in [0.25, 0.3) is 0 Å². The van der Waals surface area contributed by atoms with Crippen LogP contribution in [0.2, 0.25) is 5.02 Å². The van der Waals surface area contributed by atoms with Crippen molar-refractivity contribution < 1.29 is 9.84 Å². The summed E-state index contributed by atoms with van der Waals surface area (Å²) < 4.78 is 6.04. The molecule has 0 bridgehead atoms. The van der Waals surface area contributed by atoms with Crippen LogP contribution in [-0.4, -0.2) is 45.3 Å². The number of rotatable bonds is 4. The molecule has 1 aliphatic carbocycles. The number of hydrogen-bond acceptors (Lipinski definition) is 6. The molecule has 6 nitrogen and oxygen atoms in total. The maximum atomic E-state index is 10.5. The van der Waals surface area contributed by atoms with Crippen LogP contribution in [0.15, 0.2) is 36.7 Å². The Morgan fingerprint density at radius 1 is 1.19 bits per heavy atom. The SMILES string of the molecule is Nc1ncc(CN2C[C@H]3C[C@@H](Oc4cccc(Cl)c4)[C@H](O)C[C@H]3C2)cn1. The lowest BCUT2D eigenvalue weighted by Gasteiger charge is -2.35. The Bertz CT molecular complexity index is 757. The molecule has 0 radical (unpaired) electrons. The smallest absolute Gasteiger partial charge is 0.219 e. The lowest BCUT2D eigenvalue weighted by molar-refractivity contribution is -0.0231. The zero-order valence-electron chi connectivity index (χ0n) is 14.5. The molecule has 0 spiro atoms. The van der Waals surface area contributed by atoms with E-state index in [1.165, 1.54) is 0 Å². The van der Waals surface area contributed by atoms with E-state index in [-0.39, 0.29) is 6.10 Å². The molecular formula is C19H23ClN4O2. The summed E-state index contributed by atoms with van der Waals surface area (Å²) in [4.78, 5) is 10.5. The first-order valence-corrected chi connectivity index (χ1v) is 9.33. The number of nitrogen functional groups attached to an aromatic ring is 1. The summed E-state index contributed by atoms with van der Waals surface area (Å²) in [5.74, 6) is 2.04. The number of fused-ring (bicyclic) bond motifs is 1. The van der Waals surface area contributed by atoms with Crippen molar-refractivity contribution in [2.24, 2.45) is 11.8 Å². The van der Waals surface area contributed by atoms with E-state index >= 15 is 0 Å². The van der Waals surface area contributed by atoms with Crippen LogP contribution in [0, 0.1) is 11.8 Å². The van der Waals surface area contributed by atoms with Gasteiger partial charge in [-0.3, -0.25) is 4.90 Å². The lowest BCUT2D eigenvalue weighted by atomic mass is 9.78. The number of ether oxygens (including phenoxy) is 1. The number of halogens is 1. The first-order valence-electron chi connectivity index (χ1n) is 8.96. The first-order chi connectivity index (χ1) is 12.6. The van der Waals surface area contributed by atoms with Crippen molar-refractivity contribution >= 4 is 17.5 Å². The van der Waals surface area contributed by atoms with Gasteiger partial charge in [-0.2, -0.15) is 0 Å². The largest absolute Gasteiger partial charge is 0.488 e. The standard InChI is InChI=1S/C19H23ClN4O2/c20-15-2-1-3-16(6-15)26-18-5-14-11-24(10-13(14)4-17(18)25)9-12-7-22-19(21)23-8-12/h1-3,6-8,13-14,17-18,25H,4-5,9-11H2,(H2,21,22,23)/t13-,14+,17+,18+/m0/s1. The number of nitrogens with two attached hydrogens (primary N) is 1. The van der Waals surface area contributed by atoms with Crippen molar-refractivity contribution in [3.63, 3.8) is 0 Å². The Balaban J connectivity index is 1.37. The Labute approximate surface area is 158 Å². The van der Waals surface area contributed by atoms with Gasteiger partial charge in [0.15, 0.2) is 0 Å². The van der Waals surface area contributed by atoms with Gasteiger partial charge in [0, 0.05) is 42.6 Å². The van der Waals surface area contributed by atoms with Crippen LogP contribution in [0.5, 0.6) is 5.75 Å². The molecule has 1 aromatic heterocycles. The highest BCUT2D eigenvalue weighted by Crippen LogP contribution is 2.38. The Morgan fingerprint density at radius 2 is 1.92 bits per heavy atom. The molecular weight excluding hydrogens is 352 g/mol. The monoisotopic (exact) mass is 374 g/mol. The molecule has 1 saturated heterocycles. The third kappa shape index (κ3) is 3.92. The van der Waals surface area contributed by atoms with Crippen molar-refractivity contribution in [1.82, 2.24) is 14.9 Å². The second-order valence-electron chi connectivity index (χ2n) is 7.32. The third-order valence-electron chi connectivity index (χ3n) is 5.38. The van der Waals surface area contributed by atoms with Gasteiger partial charge in [0.2, 0.25) is 5.95 Å². The van der Waals surface area contributed by atoms with Crippen molar-refractivity contribution in [1.29, 1.82) is 0 Å². The summed E-state index contributed by atoms with van der Waals surface area (Å²) >= 11 is 6.03. The zero-order valence-corrected chi connectivity index (χ0v) is 15.2. The predicted molar refractivity (Wildman–Crippen MR) is 99.8 cm³/mol. The number of nitrogens with zero attached hydrogens (tertiary/aromatic N) is 3. The maximum absolute atomic E-state index is 10.5. The van der Waals surface area contributed by atoms with E-state index in [1.54, 1.807) is 18.5 Å². The second-order valence-corrected chi connectivity index (χ2v) is 7.75. The van der Waals surface area contributed by atoms with E-state index in [9.17, 15) is 5.11 Å². The highest BCUT2D eigenvalue weighted by Gasteiger charge is 2.42. The molecule has 2 heterocycles. The Kier molecular flexibility index (Phi) is 4.98. The fourth-order valence-corrected chi connectivity index (χ4v) is 4.34. The topological polar surface area (TPSA) is 84.5 Å². The molecule has 2 fully saturated rings. The number of benzene rings is 1. The molecule has 3 N–H and O–H groups in total. The minimum atomic E-state index is -0.449. The summed E-state index contributed by atoms with van der Waals surface area (Å²) in [6.07, 6.45) is 4.55. The molecule has 138 valence electrons. The minimum Gasteiger partial charge on any atom is -0.488 e. The van der Waals surface area contributed by atoms with Crippen LogP contribution in [0.1, 0.15) is 18.4 Å². The normalized spacial score (nSPS) is 28.7. The van der Waals surface area contributed by atoms with Gasteiger partial charge >= 0.3 is 0 Å². The van der Waals surface area contributed by atoms with Crippen LogP contribution >= 0.6 is 11.6 Å². The van der Waals surface area contributed by atoms with Gasteiger partial charge in [0.1, 0.15) is 11.9 Å². The number of aliphatic hydroxyl groups excluding tert-OH is 1. The molecule has 4 atom stereocenters. The molecule has 1 aliphatic heterocycles. The zero-order chi connectivity index (χ0) is 18.1. The lowest BCUT2D eigenvalue weighted by Crippen LogP contribution is -2.42. The average Bonchev–Trinajstić information content (AvgIpc) is 2.98. The van der Waals surface area contributed by atoms with Crippen molar-refractivity contribution in [3.05, 3.63) is 47.2 Å². The van der Waals surface area contributed by atoms with Gasteiger partial charge in [-0.15, -0.1) is 0 Å². The van der Waals surface area contributed by atoms with E-state index in [0.717, 1.165) is 38.0 Å². The highest BCUT2D eigenvalue weighted by atomic mass is 35.5.